The number of hydrogen-bond donors (Lipinski definition) is 2. The molecule has 23 heavy (non-hydrogen) atoms. The second kappa shape index (κ2) is 5.56. The van der Waals surface area contributed by atoms with Gasteiger partial charge in [0.25, 0.3) is 0 Å². The summed E-state index contributed by atoms with van der Waals surface area (Å²) in [6.45, 7) is 7.41. The summed E-state index contributed by atoms with van der Waals surface area (Å²) in [5.74, 6) is 0.418. The van der Waals surface area contributed by atoms with E-state index < -0.39 is 0 Å². The Bertz CT molecular complexity index is 775. The number of anilines is 1. The van der Waals surface area contributed by atoms with Gasteiger partial charge in [0, 0.05) is 0 Å². The van der Waals surface area contributed by atoms with Gasteiger partial charge in [-0.1, -0.05) is 39.0 Å². The monoisotopic (exact) mass is 309 g/mol. The number of nitrogens with two attached hydrogens (primary N) is 1. The zero-order valence-corrected chi connectivity index (χ0v) is 13.7. The lowest BCUT2D eigenvalue weighted by Crippen LogP contribution is -2.88. The summed E-state index contributed by atoms with van der Waals surface area (Å²) in [5, 5.41) is 14.7. The van der Waals surface area contributed by atoms with Crippen molar-refractivity contribution in [2.75, 3.05) is 18.2 Å². The Morgan fingerprint density at radius 2 is 2.04 bits per heavy atom. The normalized spacial score (nSPS) is 18.1. The highest BCUT2D eigenvalue weighted by Crippen LogP contribution is 2.32. The molecule has 3 N–H and O–H groups in total. The molecule has 5 heteroatoms. The van der Waals surface area contributed by atoms with Crippen molar-refractivity contribution in [3.63, 3.8) is 0 Å². The standard InChI is InChI=1S/C18H20N4O/c1-18(2,3)14-6-4-5-7-16(14)22-17(20)13(10-19)12-8-9-23-11-15(12)21-22/h4-8H,9,11,20H2,1-3H3/p+1. The van der Waals surface area contributed by atoms with E-state index in [1.165, 1.54) is 0 Å². The number of rotatable bonds is 1. The van der Waals surface area contributed by atoms with Crippen molar-refractivity contribution in [3.05, 3.63) is 52.9 Å². The molecule has 1 aromatic rings. The Hall–Kier alpha value is -2.58. The third-order valence-electron chi connectivity index (χ3n) is 4.05. The minimum absolute atomic E-state index is 0.0464. The molecule has 0 aromatic heterocycles. The van der Waals surface area contributed by atoms with Gasteiger partial charge in [-0.05, 0) is 23.1 Å². The van der Waals surface area contributed by atoms with Crippen LogP contribution >= 0.6 is 0 Å². The first-order chi connectivity index (χ1) is 10.9. The number of nitrogens with zero attached hydrogens (tertiary/aromatic N) is 2. The summed E-state index contributed by atoms with van der Waals surface area (Å²) in [7, 11) is 0. The average molecular weight is 309 g/mol. The van der Waals surface area contributed by atoms with E-state index in [0.717, 1.165) is 22.5 Å². The van der Waals surface area contributed by atoms with Gasteiger partial charge in [-0.25, -0.2) is 0 Å². The van der Waals surface area contributed by atoms with Gasteiger partial charge in [-0.15, -0.1) is 10.1 Å². The van der Waals surface area contributed by atoms with Crippen LogP contribution < -0.4 is 15.8 Å². The number of nitriles is 1. The first-order valence-corrected chi connectivity index (χ1v) is 7.64. The van der Waals surface area contributed by atoms with Crippen molar-refractivity contribution in [1.82, 2.24) is 0 Å². The van der Waals surface area contributed by atoms with Gasteiger partial charge in [0.1, 0.15) is 23.9 Å². The topological polar surface area (TPSA) is 76.2 Å². The van der Waals surface area contributed by atoms with Crippen molar-refractivity contribution >= 4 is 11.4 Å². The first-order valence-electron chi connectivity index (χ1n) is 7.64. The van der Waals surface area contributed by atoms with Crippen LogP contribution in [0.25, 0.3) is 0 Å². The zero-order valence-electron chi connectivity index (χ0n) is 13.7. The lowest BCUT2D eigenvalue weighted by atomic mass is 9.85. The van der Waals surface area contributed by atoms with Gasteiger partial charge in [0.2, 0.25) is 5.71 Å². The fourth-order valence-corrected chi connectivity index (χ4v) is 2.90. The molecule has 0 saturated carbocycles. The molecule has 0 aliphatic carbocycles. The van der Waals surface area contributed by atoms with Gasteiger partial charge >= 0.3 is 0 Å². The van der Waals surface area contributed by atoms with Crippen LogP contribution in [-0.4, -0.2) is 18.9 Å². The number of nitrogens with one attached hydrogen (secondary N) is 1. The molecule has 1 aromatic carbocycles. The second-order valence-electron chi connectivity index (χ2n) is 6.70. The molecule has 5 nitrogen and oxygen atoms in total. The largest absolute Gasteiger partial charge is 0.379 e. The Kier molecular flexibility index (Phi) is 3.70. The van der Waals surface area contributed by atoms with Crippen LogP contribution in [0.3, 0.4) is 0 Å². The van der Waals surface area contributed by atoms with E-state index in [2.05, 4.69) is 38.0 Å². The van der Waals surface area contributed by atoms with Gasteiger partial charge < -0.3 is 10.5 Å². The molecule has 0 spiro atoms. The highest BCUT2D eigenvalue weighted by Gasteiger charge is 2.35. The van der Waals surface area contributed by atoms with Crippen molar-refractivity contribution in [3.8, 4) is 6.07 Å². The molecule has 0 atom stereocenters. The fourth-order valence-electron chi connectivity index (χ4n) is 2.90. The predicted octanol–water partition coefficient (Wildman–Crippen LogP) is 0.891. The minimum Gasteiger partial charge on any atom is -0.379 e. The molecular weight excluding hydrogens is 288 g/mol. The Morgan fingerprint density at radius 1 is 1.30 bits per heavy atom. The summed E-state index contributed by atoms with van der Waals surface area (Å²) in [5.41, 5.74) is 10.6. The van der Waals surface area contributed by atoms with Gasteiger partial charge in [0.15, 0.2) is 5.82 Å². The van der Waals surface area contributed by atoms with Crippen LogP contribution in [0.1, 0.15) is 26.3 Å². The summed E-state index contributed by atoms with van der Waals surface area (Å²) < 4.78 is 5.47. The fraction of sp³-hybridized carbons (Fsp3) is 0.333. The molecule has 0 amide bonds. The summed E-state index contributed by atoms with van der Waals surface area (Å²) in [6.07, 6.45) is 1.89. The van der Waals surface area contributed by atoms with Gasteiger partial charge in [-0.2, -0.15) is 5.26 Å². The molecule has 0 unspecified atom stereocenters. The van der Waals surface area contributed by atoms with Gasteiger partial charge in [0.05, 0.1) is 12.2 Å². The highest BCUT2D eigenvalue weighted by atomic mass is 16.5. The number of fused-ring (bicyclic) bond motifs is 1. The molecule has 0 radical (unpaired) electrons. The molecule has 0 bridgehead atoms. The van der Waals surface area contributed by atoms with Crippen LogP contribution in [0, 0.1) is 11.3 Å². The number of hydrazine groups is 1. The number of ether oxygens (including phenoxy) is 1. The van der Waals surface area contributed by atoms with Crippen LogP contribution in [0.15, 0.2) is 47.3 Å². The van der Waals surface area contributed by atoms with E-state index in [9.17, 15) is 5.26 Å². The van der Waals surface area contributed by atoms with E-state index >= 15 is 0 Å². The Balaban J connectivity index is 2.18. The van der Waals surface area contributed by atoms with Crippen LogP contribution in [0.2, 0.25) is 0 Å². The molecular formula is C18H21N4O+. The van der Waals surface area contributed by atoms with E-state index in [1.54, 1.807) is 5.01 Å². The number of hydrogen-bond acceptors (Lipinski definition) is 4. The lowest BCUT2D eigenvalue weighted by Gasteiger charge is -2.28. The Morgan fingerprint density at radius 3 is 2.74 bits per heavy atom. The van der Waals surface area contributed by atoms with E-state index in [0.29, 0.717) is 24.6 Å². The third kappa shape index (κ3) is 2.62. The van der Waals surface area contributed by atoms with Crippen molar-refractivity contribution in [1.29, 1.82) is 5.26 Å². The van der Waals surface area contributed by atoms with Gasteiger partial charge in [-0.3, -0.25) is 0 Å². The molecule has 2 aliphatic rings. The summed E-state index contributed by atoms with van der Waals surface area (Å²) >= 11 is 0. The maximum atomic E-state index is 9.56. The lowest BCUT2D eigenvalue weighted by molar-refractivity contribution is -0.469. The van der Waals surface area contributed by atoms with Crippen LogP contribution in [0.4, 0.5) is 5.69 Å². The van der Waals surface area contributed by atoms with E-state index in [4.69, 9.17) is 10.5 Å². The summed E-state index contributed by atoms with van der Waals surface area (Å²) in [6, 6.07) is 10.3. The number of hydrazone groups is 1. The third-order valence-corrected chi connectivity index (χ3v) is 4.05. The average Bonchev–Trinajstić information content (AvgIpc) is 2.53. The molecule has 3 rings (SSSR count). The maximum absolute atomic E-state index is 9.56. The Labute approximate surface area is 136 Å². The molecule has 2 heterocycles. The van der Waals surface area contributed by atoms with E-state index in [1.807, 2.05) is 24.3 Å². The number of benzene rings is 1. The zero-order chi connectivity index (χ0) is 16.6. The predicted molar refractivity (Wildman–Crippen MR) is 89.3 cm³/mol. The molecule has 0 fully saturated rings. The smallest absolute Gasteiger partial charge is 0.238 e. The number of allylic oxidation sites excluding steroid dienone is 1. The quantitative estimate of drug-likeness (QED) is 0.808. The minimum atomic E-state index is -0.0464. The second-order valence-corrected chi connectivity index (χ2v) is 6.70. The van der Waals surface area contributed by atoms with Crippen LogP contribution in [0.5, 0.6) is 0 Å². The van der Waals surface area contributed by atoms with Crippen LogP contribution in [-0.2, 0) is 10.2 Å². The van der Waals surface area contributed by atoms with E-state index in [-0.39, 0.29) is 5.41 Å². The molecule has 2 aliphatic heterocycles. The first kappa shape index (κ1) is 15.3. The maximum Gasteiger partial charge on any atom is 0.238 e. The van der Waals surface area contributed by atoms with Crippen molar-refractivity contribution in [2.24, 2.45) is 5.73 Å². The molecule has 118 valence electrons. The number of para-hydroxylation sites is 1. The van der Waals surface area contributed by atoms with Crippen molar-refractivity contribution in [2.45, 2.75) is 26.2 Å². The molecule has 0 saturated heterocycles. The highest BCUT2D eigenvalue weighted by molar-refractivity contribution is 6.03. The summed E-state index contributed by atoms with van der Waals surface area (Å²) in [4.78, 5) is 0. The van der Waals surface area contributed by atoms with Crippen molar-refractivity contribution < 1.29 is 9.84 Å². The SMILES string of the molecule is CC(C)(C)c1ccccc1N1[NH+]=C2COCC=C2C(C#N)=C1N.